The van der Waals surface area contributed by atoms with Gasteiger partial charge in [0.15, 0.2) is 0 Å². The number of hydrogen-bond donors (Lipinski definition) is 3. The highest BCUT2D eigenvalue weighted by atomic mass is 16.4. The number of carbonyl (C=O) groups is 2. The highest BCUT2D eigenvalue weighted by molar-refractivity contribution is 5.98. The summed E-state index contributed by atoms with van der Waals surface area (Å²) in [6, 6.07) is 3.81. The smallest absolute Gasteiger partial charge is 0.325 e. The van der Waals surface area contributed by atoms with Gasteiger partial charge in [0.2, 0.25) is 0 Å². The summed E-state index contributed by atoms with van der Waals surface area (Å²) in [6.45, 7) is 1.40. The average molecular weight is 234 g/mol. The van der Waals surface area contributed by atoms with Crippen LogP contribution in [0.15, 0.2) is 18.2 Å². The predicted octanol–water partition coefficient (Wildman–Crippen LogP) is 0.161. The molecule has 1 heterocycles. The minimum Gasteiger partial charge on any atom is -0.480 e. The van der Waals surface area contributed by atoms with Crippen LogP contribution in [0.3, 0.4) is 0 Å². The molecule has 0 radical (unpaired) electrons. The van der Waals surface area contributed by atoms with E-state index in [1.54, 1.807) is 18.2 Å². The fourth-order valence-electron chi connectivity index (χ4n) is 1.32. The van der Waals surface area contributed by atoms with E-state index < -0.39 is 17.9 Å². The van der Waals surface area contributed by atoms with E-state index in [1.807, 2.05) is 0 Å². The molecule has 0 unspecified atom stereocenters. The number of H-pyrrole nitrogens is 1. The molecule has 0 spiro atoms. The Hall–Kier alpha value is -2.44. The van der Waals surface area contributed by atoms with Crippen molar-refractivity contribution in [2.45, 2.75) is 13.0 Å². The summed E-state index contributed by atoms with van der Waals surface area (Å²) in [5.41, 5.74) is 1.55. The van der Waals surface area contributed by atoms with Gasteiger partial charge in [-0.15, -0.1) is 0 Å². The first-order valence-electron chi connectivity index (χ1n) is 4.92. The summed E-state index contributed by atoms with van der Waals surface area (Å²) in [4.78, 5) is 22.3. The quantitative estimate of drug-likeness (QED) is 0.701. The molecular formula is C10H10N4O3. The van der Waals surface area contributed by atoms with Crippen LogP contribution >= 0.6 is 0 Å². The monoisotopic (exact) mass is 234 g/mol. The zero-order chi connectivity index (χ0) is 12.4. The van der Waals surface area contributed by atoms with E-state index in [2.05, 4.69) is 20.7 Å². The summed E-state index contributed by atoms with van der Waals surface area (Å²) in [7, 11) is 0. The van der Waals surface area contributed by atoms with Crippen molar-refractivity contribution < 1.29 is 14.7 Å². The standard InChI is InChI=1S/C10H10N4O3/c1-5(10(16)17)11-9(15)6-2-3-7-8(4-6)13-14-12-7/h2-5H,1H3,(H,11,15)(H,16,17)(H,12,13,14)/t5-/m0/s1. The van der Waals surface area contributed by atoms with Crippen molar-refractivity contribution in [3.8, 4) is 0 Å². The SMILES string of the molecule is C[C@H](NC(=O)c1ccc2n[nH]nc2c1)C(=O)O. The Morgan fingerprint density at radius 2 is 2.06 bits per heavy atom. The van der Waals surface area contributed by atoms with Gasteiger partial charge in [-0.2, -0.15) is 15.4 Å². The molecule has 1 atom stereocenters. The molecule has 7 nitrogen and oxygen atoms in total. The number of carboxylic acid groups (broad SMARTS) is 1. The first kappa shape index (κ1) is 11.1. The number of amides is 1. The largest absolute Gasteiger partial charge is 0.480 e. The van der Waals surface area contributed by atoms with Gasteiger partial charge in [0, 0.05) is 5.56 Å². The lowest BCUT2D eigenvalue weighted by atomic mass is 10.2. The first-order chi connectivity index (χ1) is 8.08. The lowest BCUT2D eigenvalue weighted by Gasteiger charge is -2.08. The number of nitrogens with zero attached hydrogens (tertiary/aromatic N) is 2. The number of benzene rings is 1. The molecule has 1 amide bonds. The molecule has 0 fully saturated rings. The molecule has 88 valence electrons. The second-order valence-corrected chi connectivity index (χ2v) is 3.56. The van der Waals surface area contributed by atoms with Crippen molar-refractivity contribution in [3.63, 3.8) is 0 Å². The molecule has 7 heteroatoms. The van der Waals surface area contributed by atoms with Crippen LogP contribution in [0.2, 0.25) is 0 Å². The lowest BCUT2D eigenvalue weighted by Crippen LogP contribution is -2.38. The van der Waals surface area contributed by atoms with Crippen LogP contribution in [0.1, 0.15) is 17.3 Å². The van der Waals surface area contributed by atoms with Crippen LogP contribution in [0.25, 0.3) is 11.0 Å². The molecule has 1 aromatic carbocycles. The van der Waals surface area contributed by atoms with Gasteiger partial charge in [0.05, 0.1) is 0 Å². The highest BCUT2D eigenvalue weighted by Gasteiger charge is 2.15. The van der Waals surface area contributed by atoms with Crippen molar-refractivity contribution in [1.29, 1.82) is 0 Å². The van der Waals surface area contributed by atoms with E-state index in [-0.39, 0.29) is 0 Å². The molecular weight excluding hydrogens is 224 g/mol. The molecule has 0 saturated heterocycles. The van der Waals surface area contributed by atoms with Crippen molar-refractivity contribution in [2.75, 3.05) is 0 Å². The molecule has 0 bridgehead atoms. The van der Waals surface area contributed by atoms with Crippen LogP contribution in [-0.4, -0.2) is 38.4 Å². The van der Waals surface area contributed by atoms with Gasteiger partial charge in [-0.1, -0.05) is 0 Å². The number of fused-ring (bicyclic) bond motifs is 1. The van der Waals surface area contributed by atoms with Gasteiger partial charge in [-0.05, 0) is 25.1 Å². The Balaban J connectivity index is 2.21. The first-order valence-corrected chi connectivity index (χ1v) is 4.92. The topological polar surface area (TPSA) is 108 Å². The Morgan fingerprint density at radius 1 is 1.35 bits per heavy atom. The van der Waals surface area contributed by atoms with Crippen molar-refractivity contribution in [3.05, 3.63) is 23.8 Å². The number of nitrogens with one attached hydrogen (secondary N) is 2. The molecule has 3 N–H and O–H groups in total. The number of carboxylic acids is 1. The van der Waals surface area contributed by atoms with Gasteiger partial charge in [0.25, 0.3) is 5.91 Å². The van der Waals surface area contributed by atoms with E-state index in [0.717, 1.165) is 0 Å². The number of carbonyl (C=O) groups excluding carboxylic acids is 1. The van der Waals surface area contributed by atoms with Crippen LogP contribution in [-0.2, 0) is 4.79 Å². The maximum atomic E-state index is 11.7. The molecule has 2 aromatic rings. The second kappa shape index (κ2) is 4.20. The fraction of sp³-hybridized carbons (Fsp3) is 0.200. The van der Waals surface area contributed by atoms with E-state index in [4.69, 9.17) is 5.11 Å². The maximum Gasteiger partial charge on any atom is 0.325 e. The van der Waals surface area contributed by atoms with Crippen LogP contribution in [0, 0.1) is 0 Å². The lowest BCUT2D eigenvalue weighted by molar-refractivity contribution is -0.138. The summed E-state index contributed by atoms with van der Waals surface area (Å²) in [6.07, 6.45) is 0. The third-order valence-electron chi connectivity index (χ3n) is 2.30. The van der Waals surface area contributed by atoms with E-state index in [1.165, 1.54) is 6.92 Å². The minimum atomic E-state index is -1.08. The summed E-state index contributed by atoms with van der Waals surface area (Å²) >= 11 is 0. The van der Waals surface area contributed by atoms with Gasteiger partial charge in [-0.3, -0.25) is 9.59 Å². The fourth-order valence-corrected chi connectivity index (χ4v) is 1.32. The molecule has 0 aliphatic carbocycles. The van der Waals surface area contributed by atoms with Crippen LogP contribution in [0.5, 0.6) is 0 Å². The van der Waals surface area contributed by atoms with Gasteiger partial charge >= 0.3 is 5.97 Å². The van der Waals surface area contributed by atoms with E-state index >= 15 is 0 Å². The molecule has 0 saturated carbocycles. The number of hydrogen-bond acceptors (Lipinski definition) is 4. The Morgan fingerprint density at radius 3 is 2.76 bits per heavy atom. The van der Waals surface area contributed by atoms with E-state index in [9.17, 15) is 9.59 Å². The molecule has 1 aromatic heterocycles. The number of aromatic nitrogens is 3. The second-order valence-electron chi connectivity index (χ2n) is 3.56. The highest BCUT2D eigenvalue weighted by Crippen LogP contribution is 2.10. The molecule has 0 aliphatic rings. The maximum absolute atomic E-state index is 11.7. The zero-order valence-electron chi connectivity index (χ0n) is 8.97. The number of rotatable bonds is 3. The van der Waals surface area contributed by atoms with E-state index in [0.29, 0.717) is 16.6 Å². The van der Waals surface area contributed by atoms with Gasteiger partial charge in [-0.25, -0.2) is 0 Å². The third kappa shape index (κ3) is 2.22. The molecule has 2 rings (SSSR count). The third-order valence-corrected chi connectivity index (χ3v) is 2.30. The molecule has 17 heavy (non-hydrogen) atoms. The number of aromatic amines is 1. The van der Waals surface area contributed by atoms with Crippen LogP contribution in [0.4, 0.5) is 0 Å². The average Bonchev–Trinajstić information content (AvgIpc) is 2.75. The Kier molecular flexibility index (Phi) is 2.73. The van der Waals surface area contributed by atoms with Crippen LogP contribution < -0.4 is 5.32 Å². The normalized spacial score (nSPS) is 12.3. The predicted molar refractivity (Wildman–Crippen MR) is 58.5 cm³/mol. The summed E-state index contributed by atoms with van der Waals surface area (Å²) in [5.74, 6) is -1.54. The van der Waals surface area contributed by atoms with Gasteiger partial charge in [0.1, 0.15) is 17.1 Å². The van der Waals surface area contributed by atoms with Gasteiger partial charge < -0.3 is 10.4 Å². The van der Waals surface area contributed by atoms with Crippen molar-refractivity contribution in [2.24, 2.45) is 0 Å². The zero-order valence-corrected chi connectivity index (χ0v) is 8.97. The minimum absolute atomic E-state index is 0.347. The Labute approximate surface area is 95.8 Å². The Bertz CT molecular complexity index is 578. The molecule has 0 aliphatic heterocycles. The summed E-state index contributed by atoms with van der Waals surface area (Å²) in [5, 5.41) is 21.2. The van der Waals surface area contributed by atoms with Crippen molar-refractivity contribution in [1.82, 2.24) is 20.7 Å². The number of aliphatic carboxylic acids is 1. The summed E-state index contributed by atoms with van der Waals surface area (Å²) < 4.78 is 0. The van der Waals surface area contributed by atoms with Crippen molar-refractivity contribution >= 4 is 22.9 Å².